The number of guanidine groups is 1. The predicted octanol–water partition coefficient (Wildman–Crippen LogP) is 4.26. The number of thiophene rings is 1. The molecular formula is C18H22F2IN3O3S. The molecule has 154 valence electrons. The lowest BCUT2D eigenvalue weighted by Crippen LogP contribution is -2.36. The van der Waals surface area contributed by atoms with Gasteiger partial charge in [0.1, 0.15) is 5.75 Å². The number of aryl methyl sites for hydroxylation is 1. The second-order valence-corrected chi connectivity index (χ2v) is 6.77. The van der Waals surface area contributed by atoms with Gasteiger partial charge in [0.05, 0.1) is 13.1 Å². The summed E-state index contributed by atoms with van der Waals surface area (Å²) < 4.78 is 40.6. The minimum absolute atomic E-state index is 0. The summed E-state index contributed by atoms with van der Waals surface area (Å²) in [7, 11) is 0. The van der Waals surface area contributed by atoms with E-state index in [2.05, 4.69) is 33.4 Å². The number of fused-ring (bicyclic) bond motifs is 1. The molecule has 3 rings (SSSR count). The van der Waals surface area contributed by atoms with Crippen molar-refractivity contribution in [2.24, 2.45) is 4.99 Å². The van der Waals surface area contributed by atoms with Crippen LogP contribution in [0.15, 0.2) is 28.6 Å². The molecule has 2 N–H and O–H groups in total. The van der Waals surface area contributed by atoms with Crippen molar-refractivity contribution < 1.29 is 23.0 Å². The normalized spacial score (nSPS) is 12.7. The highest BCUT2D eigenvalue weighted by molar-refractivity contribution is 14.0. The molecule has 0 radical (unpaired) electrons. The maximum atomic E-state index is 12.7. The summed E-state index contributed by atoms with van der Waals surface area (Å²) in [5.41, 5.74) is 1.70. The third-order valence-electron chi connectivity index (χ3n) is 3.91. The van der Waals surface area contributed by atoms with Gasteiger partial charge in [-0.05, 0) is 36.9 Å². The minimum Gasteiger partial charge on any atom is -0.454 e. The smallest absolute Gasteiger partial charge is 0.387 e. The highest BCUT2D eigenvalue weighted by atomic mass is 127. The number of hydrogen-bond acceptors (Lipinski definition) is 5. The molecule has 6 nitrogen and oxygen atoms in total. The maximum absolute atomic E-state index is 12.7. The van der Waals surface area contributed by atoms with Gasteiger partial charge in [-0.2, -0.15) is 8.78 Å². The maximum Gasteiger partial charge on any atom is 0.387 e. The molecule has 0 atom stereocenters. The molecule has 0 unspecified atom stereocenters. The van der Waals surface area contributed by atoms with E-state index in [4.69, 9.17) is 9.47 Å². The summed E-state index contributed by atoms with van der Waals surface area (Å²) >= 11 is 1.67. The molecule has 1 aliphatic rings. The number of rotatable bonds is 7. The Morgan fingerprint density at radius 2 is 2.04 bits per heavy atom. The Morgan fingerprint density at radius 3 is 2.68 bits per heavy atom. The summed E-state index contributed by atoms with van der Waals surface area (Å²) in [5.74, 6) is 1.50. The Hall–Kier alpha value is -1.82. The van der Waals surface area contributed by atoms with Gasteiger partial charge >= 0.3 is 6.61 Å². The Balaban J connectivity index is 0.00000280. The van der Waals surface area contributed by atoms with Gasteiger partial charge in [-0.15, -0.1) is 35.3 Å². The van der Waals surface area contributed by atoms with Gasteiger partial charge < -0.3 is 24.8 Å². The van der Waals surface area contributed by atoms with E-state index in [9.17, 15) is 8.78 Å². The van der Waals surface area contributed by atoms with Crippen LogP contribution in [0.3, 0.4) is 0 Å². The molecule has 1 aromatic carbocycles. The van der Waals surface area contributed by atoms with Crippen LogP contribution in [0.5, 0.6) is 17.2 Å². The lowest BCUT2D eigenvalue weighted by molar-refractivity contribution is -0.0505. The first-order chi connectivity index (χ1) is 13.1. The summed E-state index contributed by atoms with van der Waals surface area (Å²) in [5, 5.41) is 8.44. The lowest BCUT2D eigenvalue weighted by atomic mass is 10.1. The third kappa shape index (κ3) is 5.84. The van der Waals surface area contributed by atoms with Gasteiger partial charge in [0.2, 0.25) is 6.79 Å². The van der Waals surface area contributed by atoms with E-state index in [1.807, 2.05) is 12.3 Å². The number of halogens is 3. The van der Waals surface area contributed by atoms with Crippen molar-refractivity contribution in [3.63, 3.8) is 0 Å². The monoisotopic (exact) mass is 525 g/mol. The molecule has 0 saturated heterocycles. The zero-order valence-corrected chi connectivity index (χ0v) is 18.6. The molecule has 0 saturated carbocycles. The van der Waals surface area contributed by atoms with Gasteiger partial charge in [-0.25, -0.2) is 4.99 Å². The van der Waals surface area contributed by atoms with Crippen molar-refractivity contribution in [2.45, 2.75) is 33.5 Å². The van der Waals surface area contributed by atoms with Crippen molar-refractivity contribution in [2.75, 3.05) is 13.3 Å². The van der Waals surface area contributed by atoms with E-state index in [0.29, 0.717) is 36.1 Å². The van der Waals surface area contributed by atoms with E-state index in [1.54, 1.807) is 17.4 Å². The predicted molar refractivity (Wildman–Crippen MR) is 115 cm³/mol. The number of nitrogens with zero attached hydrogens (tertiary/aromatic N) is 1. The molecule has 0 fully saturated rings. The number of benzene rings is 1. The van der Waals surface area contributed by atoms with E-state index in [-0.39, 0.29) is 43.1 Å². The topological polar surface area (TPSA) is 64.1 Å². The van der Waals surface area contributed by atoms with Gasteiger partial charge in [0.15, 0.2) is 17.5 Å². The number of nitrogens with one attached hydrogen (secondary N) is 2. The van der Waals surface area contributed by atoms with Crippen LogP contribution >= 0.6 is 35.3 Å². The number of alkyl halides is 2. The zero-order valence-electron chi connectivity index (χ0n) is 15.5. The van der Waals surface area contributed by atoms with Gasteiger partial charge in [0.25, 0.3) is 0 Å². The van der Waals surface area contributed by atoms with Crippen LogP contribution in [-0.2, 0) is 13.1 Å². The number of ether oxygens (including phenoxy) is 3. The molecular weight excluding hydrogens is 503 g/mol. The Bertz CT molecular complexity index is 817. The first-order valence-corrected chi connectivity index (χ1v) is 9.37. The second-order valence-electron chi connectivity index (χ2n) is 5.77. The SMILES string of the molecule is CCNC(=NCc1cc2c(cc1OC(F)F)OCO2)NCc1sccc1C.I. The Morgan fingerprint density at radius 1 is 1.29 bits per heavy atom. The molecule has 0 spiro atoms. The molecule has 1 aliphatic heterocycles. The van der Waals surface area contributed by atoms with Crippen molar-refractivity contribution >= 4 is 41.3 Å². The Labute approximate surface area is 183 Å². The minimum atomic E-state index is -2.93. The van der Waals surface area contributed by atoms with Gasteiger partial charge in [-0.1, -0.05) is 0 Å². The molecule has 2 aromatic rings. The average Bonchev–Trinajstić information content (AvgIpc) is 3.25. The molecule has 10 heteroatoms. The van der Waals surface area contributed by atoms with Crippen LogP contribution in [0.2, 0.25) is 0 Å². The molecule has 28 heavy (non-hydrogen) atoms. The van der Waals surface area contributed by atoms with Crippen LogP contribution in [0.25, 0.3) is 0 Å². The van der Waals surface area contributed by atoms with Crippen molar-refractivity contribution in [1.82, 2.24) is 10.6 Å². The summed E-state index contributed by atoms with van der Waals surface area (Å²) in [6.45, 7) is 2.60. The highest BCUT2D eigenvalue weighted by Gasteiger charge is 2.20. The van der Waals surface area contributed by atoms with Gasteiger partial charge in [-0.3, -0.25) is 0 Å². The number of hydrogen-bond donors (Lipinski definition) is 2. The summed E-state index contributed by atoms with van der Waals surface area (Å²) in [6.07, 6.45) is 0. The van der Waals surface area contributed by atoms with Crippen LogP contribution in [-0.4, -0.2) is 25.9 Å². The second kappa shape index (κ2) is 10.6. The van der Waals surface area contributed by atoms with E-state index < -0.39 is 6.61 Å². The Kier molecular flexibility index (Phi) is 8.55. The van der Waals surface area contributed by atoms with Crippen LogP contribution < -0.4 is 24.8 Å². The lowest BCUT2D eigenvalue weighted by Gasteiger charge is -2.13. The fourth-order valence-electron chi connectivity index (χ4n) is 2.55. The molecule has 0 amide bonds. The molecule has 1 aromatic heterocycles. The first kappa shape index (κ1) is 22.5. The number of aliphatic imine (C=N–C) groups is 1. The van der Waals surface area contributed by atoms with E-state index in [0.717, 1.165) is 0 Å². The highest BCUT2D eigenvalue weighted by Crippen LogP contribution is 2.39. The fraction of sp³-hybridized carbons (Fsp3) is 0.389. The average molecular weight is 525 g/mol. The van der Waals surface area contributed by atoms with Gasteiger partial charge in [0, 0.05) is 23.1 Å². The van der Waals surface area contributed by atoms with Crippen molar-refractivity contribution in [3.05, 3.63) is 39.6 Å². The van der Waals surface area contributed by atoms with E-state index >= 15 is 0 Å². The standard InChI is InChI=1S/C18H21F2N3O3S.HI/c1-3-21-18(23-9-16-11(2)4-5-27-16)22-8-12-6-14-15(25-10-24-14)7-13(12)26-17(19)20;/h4-7,17H,3,8-10H2,1-2H3,(H2,21,22,23);1H. The van der Waals surface area contributed by atoms with Crippen LogP contribution in [0, 0.1) is 6.92 Å². The zero-order chi connectivity index (χ0) is 19.2. The fourth-order valence-corrected chi connectivity index (χ4v) is 3.40. The summed E-state index contributed by atoms with van der Waals surface area (Å²) in [6, 6.07) is 5.09. The van der Waals surface area contributed by atoms with Crippen molar-refractivity contribution in [3.8, 4) is 17.2 Å². The third-order valence-corrected chi connectivity index (χ3v) is 4.93. The first-order valence-electron chi connectivity index (χ1n) is 8.49. The molecule has 2 heterocycles. The largest absolute Gasteiger partial charge is 0.454 e. The molecule has 0 bridgehead atoms. The van der Waals surface area contributed by atoms with Crippen LogP contribution in [0.4, 0.5) is 8.78 Å². The van der Waals surface area contributed by atoms with E-state index in [1.165, 1.54) is 16.5 Å². The summed E-state index contributed by atoms with van der Waals surface area (Å²) in [4.78, 5) is 5.70. The van der Waals surface area contributed by atoms with Crippen LogP contribution in [0.1, 0.15) is 22.9 Å². The quantitative estimate of drug-likeness (QED) is 0.322. The molecule has 0 aliphatic carbocycles. The van der Waals surface area contributed by atoms with Crippen molar-refractivity contribution in [1.29, 1.82) is 0 Å².